The zero-order valence-electron chi connectivity index (χ0n) is 88.6. The van der Waals surface area contributed by atoms with Gasteiger partial charge in [0.25, 0.3) is 10.1 Å². The summed E-state index contributed by atoms with van der Waals surface area (Å²) >= 11 is 0. The van der Waals surface area contributed by atoms with Gasteiger partial charge < -0.3 is 43.1 Å². The molecule has 16 aromatic rings. The number of aryl methyl sites for hydroxylation is 1. The van der Waals surface area contributed by atoms with Crippen molar-refractivity contribution in [1.82, 2.24) is 4.58 Å². The number of rotatable bonds is 9. The maximum absolute atomic E-state index is 12.9. The van der Waals surface area contributed by atoms with Gasteiger partial charge in [0.1, 0.15) is 75.1 Å². The fourth-order valence-corrected chi connectivity index (χ4v) is 21.1. The molecular formula is C129H137N3O12S+2. The molecule has 0 saturated carbocycles. The number of carbonyl (C=O) groups is 1. The summed E-state index contributed by atoms with van der Waals surface area (Å²) in [5.41, 5.74) is 18.3. The molecule has 15 aromatic carbocycles. The molecule has 0 fully saturated rings. The summed E-state index contributed by atoms with van der Waals surface area (Å²) in [6.07, 6.45) is 0. The first kappa shape index (κ1) is 103. The summed E-state index contributed by atoms with van der Waals surface area (Å²) < 4.78 is 68.2. The molecule has 4 aliphatic heterocycles. The maximum atomic E-state index is 12.9. The molecule has 1 aromatic heterocycles. The zero-order valence-corrected chi connectivity index (χ0v) is 89.4. The van der Waals surface area contributed by atoms with Crippen LogP contribution in [0.3, 0.4) is 0 Å². The third-order valence-corrected chi connectivity index (χ3v) is 28.9. The minimum absolute atomic E-state index is 0.0375. The van der Waals surface area contributed by atoms with Crippen molar-refractivity contribution in [2.24, 2.45) is 0 Å². The number of quaternary nitrogens is 1. The second-order valence-electron chi connectivity index (χ2n) is 44.7. The normalized spacial score (nSPS) is 13.2. The van der Waals surface area contributed by atoms with Crippen LogP contribution in [0.15, 0.2) is 310 Å². The first-order valence-corrected chi connectivity index (χ1v) is 51.8. The van der Waals surface area contributed by atoms with E-state index in [1.54, 1.807) is 30.3 Å². The summed E-state index contributed by atoms with van der Waals surface area (Å²) in [6.45, 7) is 57.0. The Kier molecular flexibility index (Phi) is 28.5. The second kappa shape index (κ2) is 39.9. The van der Waals surface area contributed by atoms with E-state index in [0.29, 0.717) is 50.7 Å². The third-order valence-electron chi connectivity index (χ3n) is 28.0. The molecule has 1 aliphatic carbocycles. The smallest absolute Gasteiger partial charge is 0.340 e. The van der Waals surface area contributed by atoms with E-state index in [1.807, 2.05) is 145 Å². The van der Waals surface area contributed by atoms with E-state index >= 15 is 0 Å². The molecule has 16 heteroatoms. The fraction of sp³-hybridized carbons (Fsp3) is 0.279. The lowest BCUT2D eigenvalue weighted by Gasteiger charge is -2.37. The summed E-state index contributed by atoms with van der Waals surface area (Å²) in [4.78, 5) is 28.1. The van der Waals surface area contributed by atoms with E-state index < -0.39 is 21.7 Å². The average molecular weight is 1950 g/mol. The van der Waals surface area contributed by atoms with Crippen molar-refractivity contribution in [3.8, 4) is 56.9 Å². The van der Waals surface area contributed by atoms with Crippen molar-refractivity contribution in [1.29, 1.82) is 0 Å². The molecule has 0 bridgehead atoms. The van der Waals surface area contributed by atoms with Gasteiger partial charge in [-0.1, -0.05) is 295 Å². The molecule has 5 heterocycles. The lowest BCUT2D eigenvalue weighted by Crippen LogP contribution is -3.00. The Bertz CT molecular complexity index is 8330. The first-order chi connectivity index (χ1) is 68.4. The Labute approximate surface area is 853 Å². The van der Waals surface area contributed by atoms with Crippen molar-refractivity contribution >= 4 is 105 Å². The molecule has 0 atom stereocenters. The van der Waals surface area contributed by atoms with Crippen molar-refractivity contribution in [2.75, 3.05) is 45.2 Å². The van der Waals surface area contributed by atoms with Crippen LogP contribution in [-0.2, 0) is 52.9 Å². The number of benzene rings is 16. The second-order valence-corrected chi connectivity index (χ2v) is 46.1. The minimum Gasteiger partial charge on any atom is -0.508 e. The van der Waals surface area contributed by atoms with Crippen LogP contribution in [0.2, 0.25) is 0 Å². The maximum Gasteiger partial charge on any atom is 0.340 e. The van der Waals surface area contributed by atoms with Crippen LogP contribution in [0, 0.1) is 6.92 Å². The Morgan fingerprint density at radius 3 is 1.57 bits per heavy atom. The molecule has 15 nitrogen and oxygen atoms in total. The molecule has 145 heavy (non-hydrogen) atoms. The highest BCUT2D eigenvalue weighted by Gasteiger charge is 2.54. The number of aromatic hydroxyl groups is 2. The predicted octanol–water partition coefficient (Wildman–Crippen LogP) is 28.3. The van der Waals surface area contributed by atoms with Crippen molar-refractivity contribution in [2.45, 2.75) is 202 Å². The number of fused-ring (bicyclic) bond motifs is 12. The topological polar surface area (TPSA) is 194 Å². The zero-order chi connectivity index (χ0) is 104. The third kappa shape index (κ3) is 20.9. The minimum atomic E-state index is -4.51. The average Bonchev–Trinajstić information content (AvgIpc) is 1.51. The Morgan fingerprint density at radius 1 is 0.407 bits per heavy atom. The van der Waals surface area contributed by atoms with Gasteiger partial charge in [0, 0.05) is 115 Å². The van der Waals surface area contributed by atoms with E-state index in [9.17, 15) is 32.8 Å². The van der Waals surface area contributed by atoms with E-state index in [4.69, 9.17) is 23.0 Å². The highest BCUT2D eigenvalue weighted by atomic mass is 32.2. The quantitative estimate of drug-likeness (QED) is 0.0267. The first-order valence-electron chi connectivity index (χ1n) is 50.4. The van der Waals surface area contributed by atoms with Crippen LogP contribution < -0.4 is 45.3 Å². The Balaban J connectivity index is 0.000000128. The molecule has 744 valence electrons. The van der Waals surface area contributed by atoms with Gasteiger partial charge in [-0.25, -0.2) is 14.2 Å². The summed E-state index contributed by atoms with van der Waals surface area (Å²) in [6, 6.07) is 97.1. The molecule has 0 unspecified atom stereocenters. The van der Waals surface area contributed by atoms with Crippen LogP contribution in [-0.4, -0.2) is 69.4 Å². The van der Waals surface area contributed by atoms with Crippen LogP contribution in [0.25, 0.3) is 99.6 Å². The van der Waals surface area contributed by atoms with Gasteiger partial charge in [0.2, 0.25) is 5.36 Å². The number of esters is 1. The molecule has 0 amide bonds. The number of nitrogens with one attached hydrogen (secondary N) is 1. The number of carbonyl (C=O) groups excluding carboxylic acids is 1. The number of hydrogen-bond acceptors (Lipinski definition) is 12. The number of para-hydroxylation sites is 1. The lowest BCUT2D eigenvalue weighted by atomic mass is 9.75. The molecule has 0 saturated heterocycles. The molecule has 5 aliphatic rings. The predicted molar refractivity (Wildman–Crippen MR) is 598 cm³/mol. The summed E-state index contributed by atoms with van der Waals surface area (Å²) in [7, 11) is -0.150. The van der Waals surface area contributed by atoms with Crippen LogP contribution in [0.5, 0.6) is 34.5 Å². The highest BCUT2D eigenvalue weighted by molar-refractivity contribution is 7.86. The van der Waals surface area contributed by atoms with Gasteiger partial charge in [0.15, 0.2) is 5.60 Å². The van der Waals surface area contributed by atoms with Gasteiger partial charge in [-0.2, -0.15) is 8.42 Å². The van der Waals surface area contributed by atoms with Gasteiger partial charge >= 0.3 is 11.6 Å². The molecule has 1 spiro atoms. The van der Waals surface area contributed by atoms with E-state index in [2.05, 4.69) is 293 Å². The molecular weight excluding hydrogens is 1820 g/mol. The largest absolute Gasteiger partial charge is 0.508 e. The summed E-state index contributed by atoms with van der Waals surface area (Å²) in [5.74, 6) is 2.88. The highest BCUT2D eigenvalue weighted by Crippen LogP contribution is 2.58. The van der Waals surface area contributed by atoms with Gasteiger partial charge in [0.05, 0.1) is 25.7 Å². The van der Waals surface area contributed by atoms with E-state index in [-0.39, 0.29) is 54.5 Å². The number of phenols is 2. The Hall–Kier alpha value is -14.4. The van der Waals surface area contributed by atoms with Crippen LogP contribution in [0.1, 0.15) is 229 Å². The van der Waals surface area contributed by atoms with E-state index in [0.717, 1.165) is 109 Å². The number of hydrogen-bond donors (Lipinski definition) is 4. The van der Waals surface area contributed by atoms with E-state index in [1.165, 1.54) is 99.2 Å². The molecule has 0 radical (unpaired) electrons. The van der Waals surface area contributed by atoms with Gasteiger partial charge in [-0.15, -0.1) is 0 Å². The Morgan fingerprint density at radius 2 is 0.945 bits per heavy atom. The number of phenolic OH excluding ortho intramolecular Hbond substituents is 2. The SMILES string of the molecule is C=c1ccc2c(c1)Oc1cc(C)ccc1C=2c1ccccc1C(C)(C)C.CC(C)(C)c1cc2ccccc2oc1=O.CC(C)(C)c1ccc2c(c1)C1(OC2=O)c2ccc(O)cc2Oc2cc(O)ccc21.CC(C)(C)c1ccc2ccc3cccc4ccc1c2c34.CCN(CC)c1ccc2c(-c3ccc(C(C)(C)C)cc3S(=O)(=O)O)c3ccc(=[N+](CC)CC)cc-3oc2c1.C[NH+](C)c1cccc2c(C(C)(C)C)cccc12. The number of ether oxygens (including phenoxy) is 3. The van der Waals surface area contributed by atoms with Crippen LogP contribution in [0.4, 0.5) is 11.4 Å². The number of nitrogens with zero attached hydrogens (tertiary/aromatic N) is 2. The monoisotopic (exact) mass is 1950 g/mol. The van der Waals surface area contributed by atoms with Crippen molar-refractivity contribution in [3.05, 3.63) is 390 Å². The van der Waals surface area contributed by atoms with Gasteiger partial charge in [-0.05, 0) is 246 Å². The standard InChI is InChI=1S/C31H38N2O4S.C25H24O.C24H20O5.C20H18.C16H21N.C13H14O2/c1-8-32(9-2)22-13-16-24-27(19-22)37-28-20-23(33(10-3)11-4)14-17-25(28)30(24)26-15-12-21(31(5,6)7)18-29(26)38(34,35)36;1-16-10-12-19-22(14-16)26-23-15-17(2)11-13-20(23)24(19)18-8-6-7-9-21(18)25(3,4)5;1-23(2,3)13-4-7-16-19(10-13)24(29-22(16)27)17-8-5-14(25)11-20(17)28-21-12-15(26)6-9-18(21)24;1-20(2,3)17-12-10-15-8-7-13-5-4-6-14-9-11-16(17)19(15)18(13)14;1-16(2,3)14-10-6-9-13-12(14)8-7-11-15(13)17(4)5;1-13(2,3)10-8-9-6-4-5-7-11(9)15-12(10)14/h12-20H,8-11H2,1-7H3;6-15H,1H2,2-5H3;4-12,25-26H,1-3H3;4-12H,1-3H3;6-11H,1-5H3;4-8H,1-3H3/p+2. The fourth-order valence-electron chi connectivity index (χ4n) is 20.4. The van der Waals surface area contributed by atoms with Crippen molar-refractivity contribution < 1.29 is 55.9 Å². The van der Waals surface area contributed by atoms with Crippen LogP contribution >= 0.6 is 0 Å². The summed E-state index contributed by atoms with van der Waals surface area (Å²) in [5, 5.41) is 35.9. The lowest BCUT2D eigenvalue weighted by molar-refractivity contribution is -0.785. The van der Waals surface area contributed by atoms with Crippen molar-refractivity contribution in [3.63, 3.8) is 0 Å². The number of anilines is 1. The molecule has 21 rings (SSSR count). The molecule has 4 N–H and O–H groups in total. The van der Waals surface area contributed by atoms with Gasteiger partial charge in [-0.3, -0.25) is 4.55 Å².